The van der Waals surface area contributed by atoms with Gasteiger partial charge in [0.25, 0.3) is 5.91 Å². The van der Waals surface area contributed by atoms with Crippen molar-refractivity contribution in [3.05, 3.63) is 90.5 Å². The number of hydrogen-bond acceptors (Lipinski definition) is 3. The van der Waals surface area contributed by atoms with Crippen LogP contribution in [-0.4, -0.2) is 18.4 Å². The van der Waals surface area contributed by atoms with Gasteiger partial charge in [0.2, 0.25) is 5.91 Å². The standard InChI is InChI=1S/C23H22N2O3/c26-22(12-7-17-24-23(27)18-8-3-1-4-9-18)25-19-13-15-21(16-14-19)28-20-10-5-2-6-11-20/h1-6,8-11,13-16H,7,12,17H2,(H,24,27)(H,25,26). The van der Waals surface area contributed by atoms with Crippen LogP contribution in [0, 0.1) is 0 Å². The van der Waals surface area contributed by atoms with Crippen molar-refractivity contribution in [1.29, 1.82) is 0 Å². The first kappa shape index (κ1) is 19.2. The SMILES string of the molecule is O=C(CCCNC(=O)c1ccccc1)Nc1ccc(Oc2ccccc2)cc1. The average molecular weight is 374 g/mol. The Bertz CT molecular complexity index is 894. The van der Waals surface area contributed by atoms with Crippen molar-refractivity contribution in [3.63, 3.8) is 0 Å². The molecule has 0 heterocycles. The van der Waals surface area contributed by atoms with E-state index in [0.29, 0.717) is 36.4 Å². The fourth-order valence-corrected chi connectivity index (χ4v) is 2.60. The highest BCUT2D eigenvalue weighted by molar-refractivity contribution is 5.94. The maximum Gasteiger partial charge on any atom is 0.251 e. The zero-order valence-corrected chi connectivity index (χ0v) is 15.4. The molecule has 5 heteroatoms. The summed E-state index contributed by atoms with van der Waals surface area (Å²) in [7, 11) is 0. The molecule has 3 aromatic carbocycles. The molecule has 3 aromatic rings. The summed E-state index contributed by atoms with van der Waals surface area (Å²) in [6.07, 6.45) is 0.900. The molecule has 0 saturated carbocycles. The van der Waals surface area contributed by atoms with Gasteiger partial charge in [-0.25, -0.2) is 0 Å². The minimum absolute atomic E-state index is 0.0920. The summed E-state index contributed by atoms with van der Waals surface area (Å²) in [4.78, 5) is 24.0. The Morgan fingerprint density at radius 1 is 0.750 bits per heavy atom. The van der Waals surface area contributed by atoms with Gasteiger partial charge in [0.05, 0.1) is 0 Å². The Morgan fingerprint density at radius 3 is 2.04 bits per heavy atom. The topological polar surface area (TPSA) is 67.4 Å². The number of anilines is 1. The first-order valence-electron chi connectivity index (χ1n) is 9.17. The normalized spacial score (nSPS) is 10.1. The third-order valence-electron chi connectivity index (χ3n) is 4.02. The van der Waals surface area contributed by atoms with Gasteiger partial charge in [0, 0.05) is 24.2 Å². The summed E-state index contributed by atoms with van der Waals surface area (Å²) in [6, 6.07) is 25.7. The average Bonchev–Trinajstić information content (AvgIpc) is 2.74. The van der Waals surface area contributed by atoms with E-state index in [0.717, 1.165) is 5.75 Å². The van der Waals surface area contributed by atoms with Gasteiger partial charge in [0.15, 0.2) is 0 Å². The van der Waals surface area contributed by atoms with Gasteiger partial charge in [-0.3, -0.25) is 9.59 Å². The maximum absolute atomic E-state index is 12.0. The highest BCUT2D eigenvalue weighted by atomic mass is 16.5. The summed E-state index contributed by atoms with van der Waals surface area (Å²) in [5, 5.41) is 5.66. The number of benzene rings is 3. The zero-order chi connectivity index (χ0) is 19.6. The molecule has 0 aliphatic carbocycles. The third kappa shape index (κ3) is 5.99. The molecule has 0 fully saturated rings. The van der Waals surface area contributed by atoms with E-state index in [2.05, 4.69) is 10.6 Å². The Balaban J connectivity index is 1.38. The van der Waals surface area contributed by atoms with E-state index in [1.165, 1.54) is 0 Å². The van der Waals surface area contributed by atoms with Crippen molar-refractivity contribution in [2.45, 2.75) is 12.8 Å². The van der Waals surface area contributed by atoms with E-state index in [9.17, 15) is 9.59 Å². The summed E-state index contributed by atoms with van der Waals surface area (Å²) in [5.41, 5.74) is 1.32. The quantitative estimate of drug-likeness (QED) is 0.565. The highest BCUT2D eigenvalue weighted by Gasteiger charge is 2.06. The second-order valence-electron chi connectivity index (χ2n) is 6.21. The number of amides is 2. The van der Waals surface area contributed by atoms with Gasteiger partial charge < -0.3 is 15.4 Å². The van der Waals surface area contributed by atoms with Crippen molar-refractivity contribution < 1.29 is 14.3 Å². The first-order chi connectivity index (χ1) is 13.7. The number of ether oxygens (including phenoxy) is 1. The van der Waals surface area contributed by atoms with Crippen molar-refractivity contribution in [2.75, 3.05) is 11.9 Å². The third-order valence-corrected chi connectivity index (χ3v) is 4.02. The van der Waals surface area contributed by atoms with E-state index >= 15 is 0 Å². The molecule has 2 N–H and O–H groups in total. The number of rotatable bonds is 8. The van der Waals surface area contributed by atoms with E-state index < -0.39 is 0 Å². The first-order valence-corrected chi connectivity index (χ1v) is 9.17. The number of carbonyl (C=O) groups is 2. The Hall–Kier alpha value is -3.60. The monoisotopic (exact) mass is 374 g/mol. The van der Waals surface area contributed by atoms with E-state index in [-0.39, 0.29) is 11.8 Å². The lowest BCUT2D eigenvalue weighted by atomic mass is 10.2. The molecule has 0 radical (unpaired) electrons. The minimum Gasteiger partial charge on any atom is -0.457 e. The smallest absolute Gasteiger partial charge is 0.251 e. The van der Waals surface area contributed by atoms with Gasteiger partial charge in [0.1, 0.15) is 11.5 Å². The molecule has 0 saturated heterocycles. The maximum atomic E-state index is 12.0. The second-order valence-corrected chi connectivity index (χ2v) is 6.21. The molecule has 5 nitrogen and oxygen atoms in total. The lowest BCUT2D eigenvalue weighted by molar-refractivity contribution is -0.116. The lowest BCUT2D eigenvalue weighted by Gasteiger charge is -2.08. The molecule has 0 bridgehead atoms. The Kier molecular flexibility index (Phi) is 6.79. The summed E-state index contributed by atoms with van der Waals surface area (Å²) in [6.45, 7) is 0.449. The van der Waals surface area contributed by atoms with Gasteiger partial charge in [-0.1, -0.05) is 36.4 Å². The van der Waals surface area contributed by atoms with Crippen molar-refractivity contribution in [2.24, 2.45) is 0 Å². The minimum atomic E-state index is -0.130. The van der Waals surface area contributed by atoms with Crippen LogP contribution in [-0.2, 0) is 4.79 Å². The van der Waals surface area contributed by atoms with E-state index in [1.54, 1.807) is 24.3 Å². The molecule has 0 aliphatic rings. The predicted molar refractivity (Wildman–Crippen MR) is 110 cm³/mol. The fourth-order valence-electron chi connectivity index (χ4n) is 2.60. The van der Waals surface area contributed by atoms with Crippen LogP contribution >= 0.6 is 0 Å². The summed E-state index contributed by atoms with van der Waals surface area (Å²) in [5.74, 6) is 1.24. The number of para-hydroxylation sites is 1. The molecule has 0 unspecified atom stereocenters. The van der Waals surface area contributed by atoms with Crippen molar-refractivity contribution >= 4 is 17.5 Å². The van der Waals surface area contributed by atoms with Crippen LogP contribution in [0.25, 0.3) is 0 Å². The number of carbonyl (C=O) groups excluding carboxylic acids is 2. The summed E-state index contributed by atoms with van der Waals surface area (Å²) >= 11 is 0. The molecule has 0 spiro atoms. The molecule has 3 rings (SSSR count). The molecule has 142 valence electrons. The van der Waals surface area contributed by atoms with Crippen LogP contribution in [0.2, 0.25) is 0 Å². The number of nitrogens with one attached hydrogen (secondary N) is 2. The Labute approximate surface area is 164 Å². The van der Waals surface area contributed by atoms with Crippen LogP contribution < -0.4 is 15.4 Å². The van der Waals surface area contributed by atoms with Gasteiger partial charge in [-0.15, -0.1) is 0 Å². The molecule has 2 amide bonds. The second kappa shape index (κ2) is 9.92. The molecular weight excluding hydrogens is 352 g/mol. The van der Waals surface area contributed by atoms with Crippen LogP contribution in [0.5, 0.6) is 11.5 Å². The predicted octanol–water partition coefficient (Wildman–Crippen LogP) is 4.63. The highest BCUT2D eigenvalue weighted by Crippen LogP contribution is 2.22. The molecule has 0 aliphatic heterocycles. The lowest BCUT2D eigenvalue weighted by Crippen LogP contribution is -2.25. The van der Waals surface area contributed by atoms with Crippen molar-refractivity contribution in [1.82, 2.24) is 5.32 Å². The molecule has 28 heavy (non-hydrogen) atoms. The zero-order valence-electron chi connectivity index (χ0n) is 15.4. The van der Waals surface area contributed by atoms with Crippen LogP contribution in [0.4, 0.5) is 5.69 Å². The fraction of sp³-hybridized carbons (Fsp3) is 0.130. The van der Waals surface area contributed by atoms with Gasteiger partial charge in [-0.2, -0.15) is 0 Å². The molecule has 0 atom stereocenters. The van der Waals surface area contributed by atoms with Crippen molar-refractivity contribution in [3.8, 4) is 11.5 Å². The molecule has 0 aromatic heterocycles. The van der Waals surface area contributed by atoms with Gasteiger partial charge in [-0.05, 0) is 55.0 Å². The van der Waals surface area contributed by atoms with Gasteiger partial charge >= 0.3 is 0 Å². The Morgan fingerprint density at radius 2 is 1.36 bits per heavy atom. The molecular formula is C23H22N2O3. The van der Waals surface area contributed by atoms with Crippen LogP contribution in [0.15, 0.2) is 84.9 Å². The van der Waals surface area contributed by atoms with Crippen LogP contribution in [0.1, 0.15) is 23.2 Å². The van der Waals surface area contributed by atoms with E-state index in [1.807, 2.05) is 60.7 Å². The largest absolute Gasteiger partial charge is 0.457 e. The number of hydrogen-bond donors (Lipinski definition) is 2. The van der Waals surface area contributed by atoms with Crippen LogP contribution in [0.3, 0.4) is 0 Å². The summed E-state index contributed by atoms with van der Waals surface area (Å²) < 4.78 is 5.72. The van der Waals surface area contributed by atoms with E-state index in [4.69, 9.17) is 4.74 Å².